The third-order valence-electron chi connectivity index (χ3n) is 1.80. The van der Waals surface area contributed by atoms with Crippen molar-refractivity contribution in [1.82, 2.24) is 0 Å². The Morgan fingerprint density at radius 2 is 2.00 bits per heavy atom. The van der Waals surface area contributed by atoms with Crippen LogP contribution in [-0.4, -0.2) is 0 Å². The molecule has 0 N–H and O–H groups in total. The van der Waals surface area contributed by atoms with Gasteiger partial charge < -0.3 is 0 Å². The maximum absolute atomic E-state index is 2.20. The molecule has 49 valence electrons. The maximum atomic E-state index is 2.20. The van der Waals surface area contributed by atoms with Gasteiger partial charge in [-0.2, -0.15) is 0 Å². The number of hydrogen-bond acceptors (Lipinski definition) is 0. The van der Waals surface area contributed by atoms with Crippen LogP contribution in [0.25, 0.3) is 0 Å². The summed E-state index contributed by atoms with van der Waals surface area (Å²) in [7, 11) is 0. The summed E-state index contributed by atoms with van der Waals surface area (Å²) < 4.78 is 0. The molecule has 0 bridgehead atoms. The molecule has 0 atom stereocenters. The van der Waals surface area contributed by atoms with E-state index >= 15 is 0 Å². The summed E-state index contributed by atoms with van der Waals surface area (Å²) >= 11 is 0. The van der Waals surface area contributed by atoms with Gasteiger partial charge >= 0.3 is 0 Å². The van der Waals surface area contributed by atoms with Gasteiger partial charge in [0.25, 0.3) is 0 Å². The van der Waals surface area contributed by atoms with Crippen molar-refractivity contribution in [3.05, 3.63) is 54.0 Å². The SMILES string of the molecule is C1=CC=C2C=CC[C]2C=C1. The molecule has 0 spiro atoms. The fraction of sp³-hybridized carbons (Fsp3) is 0.100. The molecule has 2 aliphatic rings. The van der Waals surface area contributed by atoms with E-state index in [-0.39, 0.29) is 0 Å². The van der Waals surface area contributed by atoms with E-state index < -0.39 is 0 Å². The van der Waals surface area contributed by atoms with Crippen LogP contribution in [0.1, 0.15) is 6.42 Å². The lowest BCUT2D eigenvalue weighted by Crippen LogP contribution is -1.86. The molecule has 0 heterocycles. The fourth-order valence-corrected chi connectivity index (χ4v) is 1.26. The highest BCUT2D eigenvalue weighted by Crippen LogP contribution is 2.28. The lowest BCUT2D eigenvalue weighted by Gasteiger charge is -2.01. The van der Waals surface area contributed by atoms with E-state index in [2.05, 4.69) is 42.5 Å². The Labute approximate surface area is 61.3 Å². The first-order valence-corrected chi connectivity index (χ1v) is 3.54. The zero-order chi connectivity index (χ0) is 6.81. The van der Waals surface area contributed by atoms with E-state index in [0.717, 1.165) is 6.42 Å². The van der Waals surface area contributed by atoms with E-state index in [9.17, 15) is 0 Å². The Bertz CT molecular complexity index is 239. The first kappa shape index (κ1) is 5.72. The summed E-state index contributed by atoms with van der Waals surface area (Å²) in [5.41, 5.74) is 1.37. The molecule has 0 aromatic rings. The van der Waals surface area contributed by atoms with E-state index in [1.165, 1.54) is 11.5 Å². The maximum Gasteiger partial charge on any atom is 0.0304 e. The predicted octanol–water partition coefficient (Wildman–Crippen LogP) is 2.57. The second-order valence-corrected chi connectivity index (χ2v) is 2.50. The lowest BCUT2D eigenvalue weighted by molar-refractivity contribution is 1.17. The van der Waals surface area contributed by atoms with Gasteiger partial charge in [-0.25, -0.2) is 0 Å². The summed E-state index contributed by atoms with van der Waals surface area (Å²) in [6, 6.07) is 0. The van der Waals surface area contributed by atoms with Gasteiger partial charge in [0.2, 0.25) is 0 Å². The van der Waals surface area contributed by atoms with Gasteiger partial charge in [0.15, 0.2) is 0 Å². The fourth-order valence-electron chi connectivity index (χ4n) is 1.26. The van der Waals surface area contributed by atoms with Gasteiger partial charge in [-0.3, -0.25) is 0 Å². The zero-order valence-electron chi connectivity index (χ0n) is 5.75. The van der Waals surface area contributed by atoms with Crippen molar-refractivity contribution >= 4 is 0 Å². The minimum absolute atomic E-state index is 1.10. The summed E-state index contributed by atoms with van der Waals surface area (Å²) in [4.78, 5) is 0. The normalized spacial score (nSPS) is 22.6. The monoisotopic (exact) mass is 129 g/mol. The van der Waals surface area contributed by atoms with E-state index in [4.69, 9.17) is 0 Å². The topological polar surface area (TPSA) is 0 Å². The summed E-state index contributed by atoms with van der Waals surface area (Å²) in [6.45, 7) is 0. The predicted molar refractivity (Wildman–Crippen MR) is 43.4 cm³/mol. The molecule has 0 saturated heterocycles. The van der Waals surface area contributed by atoms with Gasteiger partial charge in [-0.05, 0) is 12.0 Å². The van der Waals surface area contributed by atoms with Gasteiger partial charge in [-0.15, -0.1) is 0 Å². The van der Waals surface area contributed by atoms with Crippen LogP contribution >= 0.6 is 0 Å². The Morgan fingerprint density at radius 1 is 1.00 bits per heavy atom. The smallest absolute Gasteiger partial charge is 0.0304 e. The summed E-state index contributed by atoms with van der Waals surface area (Å²) in [6.07, 6.45) is 16.0. The highest BCUT2D eigenvalue weighted by Gasteiger charge is 2.12. The minimum atomic E-state index is 1.10. The first-order valence-electron chi connectivity index (χ1n) is 3.54. The van der Waals surface area contributed by atoms with E-state index in [1.54, 1.807) is 0 Å². The Morgan fingerprint density at radius 3 is 3.00 bits per heavy atom. The van der Waals surface area contributed by atoms with Gasteiger partial charge in [0.1, 0.15) is 0 Å². The number of fused-ring (bicyclic) bond motifs is 1. The average Bonchev–Trinajstić information content (AvgIpc) is 2.28. The lowest BCUT2D eigenvalue weighted by atomic mass is 10.0. The largest absolute Gasteiger partial charge is 0.0830 e. The molecule has 0 nitrogen and oxygen atoms in total. The molecule has 2 rings (SSSR count). The van der Waals surface area contributed by atoms with Crippen LogP contribution in [0.4, 0.5) is 0 Å². The molecule has 0 saturated carbocycles. The second-order valence-electron chi connectivity index (χ2n) is 2.50. The summed E-state index contributed by atoms with van der Waals surface area (Å²) in [5.74, 6) is 1.44. The summed E-state index contributed by atoms with van der Waals surface area (Å²) in [5, 5.41) is 0. The average molecular weight is 129 g/mol. The van der Waals surface area contributed by atoms with Crippen LogP contribution in [0.15, 0.2) is 48.1 Å². The molecule has 0 unspecified atom stereocenters. The van der Waals surface area contributed by atoms with Crippen molar-refractivity contribution in [2.24, 2.45) is 0 Å². The molecule has 10 heavy (non-hydrogen) atoms. The van der Waals surface area contributed by atoms with Gasteiger partial charge in [0.05, 0.1) is 0 Å². The molecular formula is C10H9. The third kappa shape index (κ3) is 0.860. The van der Waals surface area contributed by atoms with Crippen LogP contribution < -0.4 is 0 Å². The molecule has 0 heteroatoms. The van der Waals surface area contributed by atoms with Crippen molar-refractivity contribution in [1.29, 1.82) is 0 Å². The Kier molecular flexibility index (Phi) is 1.31. The van der Waals surface area contributed by atoms with Crippen molar-refractivity contribution in [2.45, 2.75) is 6.42 Å². The highest BCUT2D eigenvalue weighted by atomic mass is 14.2. The number of rotatable bonds is 0. The quantitative estimate of drug-likeness (QED) is 0.471. The molecular weight excluding hydrogens is 120 g/mol. The van der Waals surface area contributed by atoms with Crippen LogP contribution in [0.2, 0.25) is 0 Å². The molecule has 1 radical (unpaired) electrons. The Balaban J connectivity index is 2.36. The molecule has 0 fully saturated rings. The zero-order valence-corrected chi connectivity index (χ0v) is 5.75. The second kappa shape index (κ2) is 2.30. The first-order chi connectivity index (χ1) is 4.97. The minimum Gasteiger partial charge on any atom is -0.0830 e. The highest BCUT2D eigenvalue weighted by molar-refractivity contribution is 5.50. The number of hydrogen-bond donors (Lipinski definition) is 0. The van der Waals surface area contributed by atoms with E-state index in [0.29, 0.717) is 0 Å². The van der Waals surface area contributed by atoms with Crippen LogP contribution in [0.3, 0.4) is 0 Å². The molecule has 0 amide bonds. The molecule has 0 aromatic carbocycles. The van der Waals surface area contributed by atoms with Crippen molar-refractivity contribution in [3.63, 3.8) is 0 Å². The third-order valence-corrected chi connectivity index (χ3v) is 1.80. The standard InChI is InChI=1S/C10H9/c1-2-5-9-7-4-8-10(9)6-3-1/h1-7H,8H2. The van der Waals surface area contributed by atoms with Gasteiger partial charge in [0, 0.05) is 5.92 Å². The molecule has 0 aromatic heterocycles. The van der Waals surface area contributed by atoms with Crippen LogP contribution in [0.5, 0.6) is 0 Å². The van der Waals surface area contributed by atoms with Gasteiger partial charge in [-0.1, -0.05) is 42.5 Å². The van der Waals surface area contributed by atoms with Crippen LogP contribution in [0, 0.1) is 5.92 Å². The molecule has 2 aliphatic carbocycles. The van der Waals surface area contributed by atoms with E-state index in [1.807, 2.05) is 0 Å². The van der Waals surface area contributed by atoms with Crippen molar-refractivity contribution in [2.75, 3.05) is 0 Å². The van der Waals surface area contributed by atoms with Crippen LogP contribution in [-0.2, 0) is 0 Å². The van der Waals surface area contributed by atoms with Crippen molar-refractivity contribution < 1.29 is 0 Å². The Hall–Kier alpha value is -1.04. The molecule has 0 aliphatic heterocycles. The number of allylic oxidation sites excluding steroid dienone is 8. The van der Waals surface area contributed by atoms with Crippen molar-refractivity contribution in [3.8, 4) is 0 Å².